The van der Waals surface area contributed by atoms with Crippen molar-refractivity contribution in [3.05, 3.63) is 0 Å². The zero-order chi connectivity index (χ0) is 10.8. The summed E-state index contributed by atoms with van der Waals surface area (Å²) in [5, 5.41) is 3.66. The minimum atomic E-state index is 0.762. The van der Waals surface area contributed by atoms with E-state index in [4.69, 9.17) is 0 Å². The van der Waals surface area contributed by atoms with Crippen molar-refractivity contribution < 1.29 is 0 Å². The van der Waals surface area contributed by atoms with E-state index in [1.807, 2.05) is 0 Å². The highest BCUT2D eigenvalue weighted by atomic mass is 15.2. The van der Waals surface area contributed by atoms with Crippen LogP contribution in [0, 0.1) is 11.8 Å². The van der Waals surface area contributed by atoms with Crippen LogP contribution < -0.4 is 5.32 Å². The zero-order valence-electron chi connectivity index (χ0n) is 10.5. The minimum Gasteiger partial charge on any atom is -0.315 e. The summed E-state index contributed by atoms with van der Waals surface area (Å²) in [6.45, 7) is 7.13. The number of fused-ring (bicyclic) bond motifs is 1. The maximum Gasteiger partial charge on any atom is 0.0223 e. The molecule has 1 heterocycles. The molecule has 1 saturated heterocycles. The highest BCUT2D eigenvalue weighted by molar-refractivity contribution is 4.92. The van der Waals surface area contributed by atoms with E-state index < -0.39 is 0 Å². The third-order valence-corrected chi connectivity index (χ3v) is 4.25. The molecule has 1 aliphatic carbocycles. The summed E-state index contributed by atoms with van der Waals surface area (Å²) in [5.41, 5.74) is 0. The van der Waals surface area contributed by atoms with Crippen LogP contribution in [0.1, 0.15) is 39.5 Å². The minimum absolute atomic E-state index is 0.762. The third-order valence-electron chi connectivity index (χ3n) is 4.25. The van der Waals surface area contributed by atoms with Crippen LogP contribution in [0.25, 0.3) is 0 Å². The van der Waals surface area contributed by atoms with E-state index in [0.29, 0.717) is 0 Å². The molecular weight excluding hydrogens is 184 g/mol. The summed E-state index contributed by atoms with van der Waals surface area (Å²) >= 11 is 0. The van der Waals surface area contributed by atoms with E-state index in [2.05, 4.69) is 31.1 Å². The number of rotatable bonds is 2. The van der Waals surface area contributed by atoms with Crippen LogP contribution in [0.5, 0.6) is 0 Å². The molecule has 2 nitrogen and oxygen atoms in total. The second-order valence-corrected chi connectivity index (χ2v) is 5.87. The Morgan fingerprint density at radius 1 is 1.27 bits per heavy atom. The van der Waals surface area contributed by atoms with Crippen LogP contribution in [-0.2, 0) is 0 Å². The van der Waals surface area contributed by atoms with Crippen LogP contribution in [0.2, 0.25) is 0 Å². The third kappa shape index (κ3) is 2.54. The summed E-state index contributed by atoms with van der Waals surface area (Å²) in [5.74, 6) is 1.74. The highest BCUT2D eigenvalue weighted by Gasteiger charge is 2.35. The van der Waals surface area contributed by atoms with Crippen molar-refractivity contribution in [2.24, 2.45) is 11.8 Å². The molecule has 0 aromatic carbocycles. The lowest BCUT2D eigenvalue weighted by atomic mass is 9.99. The summed E-state index contributed by atoms with van der Waals surface area (Å²) < 4.78 is 0. The Bertz CT molecular complexity index is 203. The Morgan fingerprint density at radius 3 is 2.80 bits per heavy atom. The standard InChI is InChI=1S/C13H26N2/c1-10(2)7-12-9-14-8-11-5-4-6-13(11)15(12)3/h10-14H,4-9H2,1-3H3. The SMILES string of the molecule is CC(C)CC1CNCC2CCCC2N1C. The quantitative estimate of drug-likeness (QED) is 0.751. The van der Waals surface area contributed by atoms with E-state index in [-0.39, 0.29) is 0 Å². The van der Waals surface area contributed by atoms with E-state index in [1.165, 1.54) is 38.8 Å². The van der Waals surface area contributed by atoms with Crippen LogP contribution in [0.15, 0.2) is 0 Å². The summed E-state index contributed by atoms with van der Waals surface area (Å²) in [6.07, 6.45) is 5.65. The molecule has 0 aromatic heterocycles. The molecule has 2 rings (SSSR count). The molecule has 15 heavy (non-hydrogen) atoms. The summed E-state index contributed by atoms with van der Waals surface area (Å²) in [4.78, 5) is 2.68. The fourth-order valence-electron chi connectivity index (χ4n) is 3.44. The number of nitrogens with zero attached hydrogens (tertiary/aromatic N) is 1. The van der Waals surface area contributed by atoms with Gasteiger partial charge in [0, 0.05) is 18.6 Å². The van der Waals surface area contributed by atoms with Gasteiger partial charge in [0.2, 0.25) is 0 Å². The summed E-state index contributed by atoms with van der Waals surface area (Å²) in [7, 11) is 2.35. The van der Waals surface area contributed by atoms with Gasteiger partial charge in [0.1, 0.15) is 0 Å². The van der Waals surface area contributed by atoms with Gasteiger partial charge in [0.15, 0.2) is 0 Å². The number of nitrogens with one attached hydrogen (secondary N) is 1. The highest BCUT2D eigenvalue weighted by Crippen LogP contribution is 2.32. The van der Waals surface area contributed by atoms with Crippen molar-refractivity contribution in [2.45, 2.75) is 51.6 Å². The van der Waals surface area contributed by atoms with Crippen molar-refractivity contribution in [2.75, 3.05) is 20.1 Å². The van der Waals surface area contributed by atoms with Gasteiger partial charge in [-0.3, -0.25) is 4.90 Å². The Hall–Kier alpha value is -0.0800. The molecule has 3 unspecified atom stereocenters. The van der Waals surface area contributed by atoms with Crippen molar-refractivity contribution in [1.82, 2.24) is 10.2 Å². The van der Waals surface area contributed by atoms with Gasteiger partial charge in [-0.2, -0.15) is 0 Å². The van der Waals surface area contributed by atoms with Gasteiger partial charge in [-0.05, 0) is 44.7 Å². The van der Waals surface area contributed by atoms with Crippen LogP contribution in [0.3, 0.4) is 0 Å². The first-order valence-corrected chi connectivity index (χ1v) is 6.61. The molecule has 1 aliphatic heterocycles. The largest absolute Gasteiger partial charge is 0.315 e. The van der Waals surface area contributed by atoms with E-state index in [9.17, 15) is 0 Å². The van der Waals surface area contributed by atoms with E-state index in [1.54, 1.807) is 0 Å². The molecule has 1 N–H and O–H groups in total. The number of hydrogen-bond acceptors (Lipinski definition) is 2. The maximum absolute atomic E-state index is 3.66. The lowest BCUT2D eigenvalue weighted by molar-refractivity contribution is 0.147. The van der Waals surface area contributed by atoms with Crippen molar-refractivity contribution in [3.8, 4) is 0 Å². The molecule has 0 bridgehead atoms. The van der Waals surface area contributed by atoms with E-state index in [0.717, 1.165) is 23.9 Å². The van der Waals surface area contributed by atoms with Crippen molar-refractivity contribution in [3.63, 3.8) is 0 Å². The van der Waals surface area contributed by atoms with Crippen molar-refractivity contribution >= 4 is 0 Å². The topological polar surface area (TPSA) is 15.3 Å². The van der Waals surface area contributed by atoms with Crippen LogP contribution >= 0.6 is 0 Å². The van der Waals surface area contributed by atoms with Gasteiger partial charge in [0.25, 0.3) is 0 Å². The molecule has 0 radical (unpaired) electrons. The fraction of sp³-hybridized carbons (Fsp3) is 1.00. The lowest BCUT2D eigenvalue weighted by Gasteiger charge is -2.33. The number of likely N-dealkylation sites (N-methyl/N-ethyl adjacent to an activating group) is 1. The van der Waals surface area contributed by atoms with Gasteiger partial charge in [-0.25, -0.2) is 0 Å². The Kier molecular flexibility index (Phi) is 3.68. The molecule has 2 fully saturated rings. The van der Waals surface area contributed by atoms with Gasteiger partial charge >= 0.3 is 0 Å². The molecule has 2 heteroatoms. The van der Waals surface area contributed by atoms with Gasteiger partial charge in [-0.1, -0.05) is 20.3 Å². The lowest BCUT2D eigenvalue weighted by Crippen LogP contribution is -2.43. The summed E-state index contributed by atoms with van der Waals surface area (Å²) in [6, 6.07) is 1.63. The molecule has 0 aromatic rings. The first kappa shape index (κ1) is 11.4. The maximum atomic E-state index is 3.66. The van der Waals surface area contributed by atoms with Gasteiger partial charge < -0.3 is 5.32 Å². The molecule has 3 atom stereocenters. The molecule has 1 saturated carbocycles. The molecular formula is C13H26N2. The molecule has 2 aliphatic rings. The predicted octanol–water partition coefficient (Wildman–Crippen LogP) is 2.10. The Morgan fingerprint density at radius 2 is 2.07 bits per heavy atom. The number of hydrogen-bond donors (Lipinski definition) is 1. The fourth-order valence-corrected chi connectivity index (χ4v) is 3.44. The van der Waals surface area contributed by atoms with Crippen molar-refractivity contribution in [1.29, 1.82) is 0 Å². The monoisotopic (exact) mass is 210 g/mol. The van der Waals surface area contributed by atoms with Gasteiger partial charge in [-0.15, -0.1) is 0 Å². The first-order chi connectivity index (χ1) is 7.18. The Balaban J connectivity index is 2.00. The molecule has 88 valence electrons. The van der Waals surface area contributed by atoms with Crippen LogP contribution in [0.4, 0.5) is 0 Å². The molecule has 0 spiro atoms. The first-order valence-electron chi connectivity index (χ1n) is 6.61. The molecule has 0 amide bonds. The average Bonchev–Trinajstić information content (AvgIpc) is 2.58. The average molecular weight is 210 g/mol. The second-order valence-electron chi connectivity index (χ2n) is 5.87. The zero-order valence-corrected chi connectivity index (χ0v) is 10.5. The van der Waals surface area contributed by atoms with E-state index >= 15 is 0 Å². The van der Waals surface area contributed by atoms with Crippen LogP contribution in [-0.4, -0.2) is 37.1 Å². The van der Waals surface area contributed by atoms with Gasteiger partial charge in [0.05, 0.1) is 0 Å². The predicted molar refractivity (Wildman–Crippen MR) is 65.0 cm³/mol. The normalized spacial score (nSPS) is 38.0. The second kappa shape index (κ2) is 4.84. The Labute approximate surface area is 94.4 Å². The smallest absolute Gasteiger partial charge is 0.0223 e.